The molecule has 0 radical (unpaired) electrons. The van der Waals surface area contributed by atoms with E-state index in [0.29, 0.717) is 12.8 Å². The molecule has 1 amide bonds. The van der Waals surface area contributed by atoms with Crippen LogP contribution in [0.5, 0.6) is 0 Å². The average molecular weight is 289 g/mol. The third kappa shape index (κ3) is 4.31. The summed E-state index contributed by atoms with van der Waals surface area (Å²) < 4.78 is 4.74. The van der Waals surface area contributed by atoms with E-state index in [1.54, 1.807) is 0 Å². The van der Waals surface area contributed by atoms with E-state index >= 15 is 0 Å². The van der Waals surface area contributed by atoms with Crippen LogP contribution >= 0.6 is 0 Å². The van der Waals surface area contributed by atoms with Gasteiger partial charge in [0.1, 0.15) is 0 Å². The van der Waals surface area contributed by atoms with Gasteiger partial charge in [-0.3, -0.25) is 9.59 Å². The number of carbonyl (C=O) groups excluding carboxylic acids is 2. The minimum Gasteiger partial charge on any atom is -0.469 e. The number of amides is 1. The van der Waals surface area contributed by atoms with Gasteiger partial charge in [-0.15, -0.1) is 0 Å². The van der Waals surface area contributed by atoms with Gasteiger partial charge in [-0.2, -0.15) is 0 Å². The summed E-state index contributed by atoms with van der Waals surface area (Å²) in [5.74, 6) is -0.137. The Morgan fingerprint density at radius 2 is 1.95 bits per heavy atom. The molecule has 0 aromatic heterocycles. The number of carbonyl (C=O) groups is 2. The first-order chi connectivity index (χ1) is 10.1. The minimum absolute atomic E-state index is 0.0100. The predicted molar refractivity (Wildman–Crippen MR) is 80.9 cm³/mol. The molecule has 21 heavy (non-hydrogen) atoms. The highest BCUT2D eigenvalue weighted by atomic mass is 16.5. The molecule has 2 rings (SSSR count). The van der Waals surface area contributed by atoms with Gasteiger partial charge in [0.05, 0.1) is 20.0 Å². The molecule has 1 aromatic rings. The number of hydrogen-bond donors (Lipinski definition) is 0. The minimum atomic E-state index is -0.241. The maximum Gasteiger partial charge on any atom is 0.307 e. The van der Waals surface area contributed by atoms with Crippen molar-refractivity contribution in [1.82, 2.24) is 4.90 Å². The quantitative estimate of drug-likeness (QED) is 0.800. The lowest BCUT2D eigenvalue weighted by molar-refractivity contribution is -0.144. The maximum absolute atomic E-state index is 12.5. The Balaban J connectivity index is 2.00. The molecule has 1 aromatic carbocycles. The average Bonchev–Trinajstić information content (AvgIpc) is 2.50. The van der Waals surface area contributed by atoms with Crippen LogP contribution in [-0.4, -0.2) is 36.5 Å². The fourth-order valence-electron chi connectivity index (χ4n) is 2.80. The number of hydrogen-bond acceptors (Lipinski definition) is 3. The predicted octanol–water partition coefficient (Wildman–Crippen LogP) is 2.48. The molecule has 0 saturated carbocycles. The molecular formula is C17H23NO3. The van der Waals surface area contributed by atoms with Gasteiger partial charge in [0.25, 0.3) is 0 Å². The largest absolute Gasteiger partial charge is 0.469 e. The second kappa shape index (κ2) is 7.25. The van der Waals surface area contributed by atoms with Gasteiger partial charge in [-0.05, 0) is 31.7 Å². The number of nitrogens with zero attached hydrogens (tertiary/aromatic N) is 1. The van der Waals surface area contributed by atoms with E-state index in [1.165, 1.54) is 12.7 Å². The fraction of sp³-hybridized carbons (Fsp3) is 0.529. The van der Waals surface area contributed by atoms with Crippen molar-refractivity contribution in [2.24, 2.45) is 0 Å². The summed E-state index contributed by atoms with van der Waals surface area (Å²) in [5.41, 5.74) is 2.21. The summed E-state index contributed by atoms with van der Waals surface area (Å²) in [6.07, 6.45) is 3.66. The Kier molecular flexibility index (Phi) is 5.37. The van der Waals surface area contributed by atoms with Crippen molar-refractivity contribution in [3.05, 3.63) is 35.4 Å². The SMILES string of the molecule is COC(=O)CC1CCCCN1C(=O)Cc1ccc(C)cc1. The Labute approximate surface area is 126 Å². The molecule has 4 heteroatoms. The molecule has 1 unspecified atom stereocenters. The van der Waals surface area contributed by atoms with Gasteiger partial charge >= 0.3 is 5.97 Å². The molecule has 114 valence electrons. The molecule has 1 aliphatic heterocycles. The summed E-state index contributed by atoms with van der Waals surface area (Å²) in [7, 11) is 1.39. The summed E-state index contributed by atoms with van der Waals surface area (Å²) in [6.45, 7) is 2.77. The van der Waals surface area contributed by atoms with E-state index in [0.717, 1.165) is 31.4 Å². The number of esters is 1. The third-order valence-electron chi connectivity index (χ3n) is 4.05. The topological polar surface area (TPSA) is 46.6 Å². The van der Waals surface area contributed by atoms with Crippen molar-refractivity contribution < 1.29 is 14.3 Å². The van der Waals surface area contributed by atoms with Gasteiger partial charge in [-0.1, -0.05) is 29.8 Å². The molecule has 1 aliphatic rings. The number of ether oxygens (including phenoxy) is 1. The van der Waals surface area contributed by atoms with E-state index in [4.69, 9.17) is 4.74 Å². The van der Waals surface area contributed by atoms with Crippen molar-refractivity contribution in [1.29, 1.82) is 0 Å². The molecule has 1 saturated heterocycles. The lowest BCUT2D eigenvalue weighted by Gasteiger charge is -2.35. The van der Waals surface area contributed by atoms with Crippen molar-refractivity contribution in [2.75, 3.05) is 13.7 Å². The van der Waals surface area contributed by atoms with Crippen molar-refractivity contribution >= 4 is 11.9 Å². The smallest absolute Gasteiger partial charge is 0.307 e. The Hall–Kier alpha value is -1.84. The number of benzene rings is 1. The Morgan fingerprint density at radius 3 is 2.62 bits per heavy atom. The fourth-order valence-corrected chi connectivity index (χ4v) is 2.80. The highest BCUT2D eigenvalue weighted by Gasteiger charge is 2.28. The molecule has 0 aliphatic carbocycles. The van der Waals surface area contributed by atoms with E-state index in [2.05, 4.69) is 0 Å². The van der Waals surface area contributed by atoms with Crippen LogP contribution in [0.15, 0.2) is 24.3 Å². The van der Waals surface area contributed by atoms with Crippen LogP contribution in [0.1, 0.15) is 36.8 Å². The van der Waals surface area contributed by atoms with Crippen LogP contribution < -0.4 is 0 Å². The van der Waals surface area contributed by atoms with Crippen molar-refractivity contribution in [2.45, 2.75) is 45.1 Å². The first-order valence-electron chi connectivity index (χ1n) is 7.52. The van der Waals surface area contributed by atoms with E-state index in [-0.39, 0.29) is 17.9 Å². The van der Waals surface area contributed by atoms with Gasteiger partial charge < -0.3 is 9.64 Å². The number of rotatable bonds is 4. The number of aryl methyl sites for hydroxylation is 1. The van der Waals surface area contributed by atoms with Crippen molar-refractivity contribution in [3.63, 3.8) is 0 Å². The number of piperidine rings is 1. The summed E-state index contributed by atoms with van der Waals surface area (Å²) in [6, 6.07) is 8.01. The lowest BCUT2D eigenvalue weighted by Crippen LogP contribution is -2.45. The van der Waals surface area contributed by atoms with Gasteiger partial charge in [0, 0.05) is 12.6 Å². The van der Waals surface area contributed by atoms with Gasteiger partial charge in [-0.25, -0.2) is 0 Å². The zero-order valence-electron chi connectivity index (χ0n) is 12.8. The highest BCUT2D eigenvalue weighted by molar-refractivity contribution is 5.80. The molecule has 4 nitrogen and oxygen atoms in total. The van der Waals surface area contributed by atoms with E-state index < -0.39 is 0 Å². The van der Waals surface area contributed by atoms with E-state index in [1.807, 2.05) is 36.1 Å². The molecule has 0 bridgehead atoms. The highest BCUT2D eigenvalue weighted by Crippen LogP contribution is 2.21. The maximum atomic E-state index is 12.5. The monoisotopic (exact) mass is 289 g/mol. The van der Waals surface area contributed by atoms with Crippen LogP contribution in [0, 0.1) is 6.92 Å². The van der Waals surface area contributed by atoms with Crippen LogP contribution in [0.2, 0.25) is 0 Å². The second-order valence-corrected chi connectivity index (χ2v) is 5.68. The van der Waals surface area contributed by atoms with Gasteiger partial charge in [0.2, 0.25) is 5.91 Å². The van der Waals surface area contributed by atoms with Crippen LogP contribution in [0.4, 0.5) is 0 Å². The number of likely N-dealkylation sites (tertiary alicyclic amines) is 1. The van der Waals surface area contributed by atoms with Crippen LogP contribution in [0.3, 0.4) is 0 Å². The number of methoxy groups -OCH3 is 1. The standard InChI is InChI=1S/C17H23NO3/c1-13-6-8-14(9-7-13)11-16(19)18-10-4-3-5-15(18)12-17(20)21-2/h6-9,15H,3-5,10-12H2,1-2H3. The Morgan fingerprint density at radius 1 is 1.24 bits per heavy atom. The van der Waals surface area contributed by atoms with Crippen molar-refractivity contribution in [3.8, 4) is 0 Å². The molecular weight excluding hydrogens is 266 g/mol. The second-order valence-electron chi connectivity index (χ2n) is 5.68. The molecule has 1 heterocycles. The summed E-state index contributed by atoms with van der Waals surface area (Å²) in [4.78, 5) is 25.9. The first kappa shape index (κ1) is 15.5. The lowest BCUT2D eigenvalue weighted by atomic mass is 9.98. The van der Waals surface area contributed by atoms with E-state index in [9.17, 15) is 9.59 Å². The molecule has 0 N–H and O–H groups in total. The van der Waals surface area contributed by atoms with Gasteiger partial charge in [0.15, 0.2) is 0 Å². The third-order valence-corrected chi connectivity index (χ3v) is 4.05. The zero-order valence-corrected chi connectivity index (χ0v) is 12.8. The normalized spacial score (nSPS) is 18.4. The summed E-state index contributed by atoms with van der Waals surface area (Å²) >= 11 is 0. The molecule has 1 fully saturated rings. The summed E-state index contributed by atoms with van der Waals surface area (Å²) in [5, 5.41) is 0. The molecule has 1 atom stereocenters. The zero-order chi connectivity index (χ0) is 15.2. The van der Waals surface area contributed by atoms with Crippen LogP contribution in [0.25, 0.3) is 0 Å². The molecule has 0 spiro atoms. The first-order valence-corrected chi connectivity index (χ1v) is 7.52. The van der Waals surface area contributed by atoms with Crippen LogP contribution in [-0.2, 0) is 20.7 Å². The Bertz CT molecular complexity index is 495.